The van der Waals surface area contributed by atoms with Gasteiger partial charge in [0.25, 0.3) is 5.91 Å². The third kappa shape index (κ3) is 4.58. The minimum absolute atomic E-state index is 0.0610. The predicted molar refractivity (Wildman–Crippen MR) is 105 cm³/mol. The standard InChI is InChI=1S/C20H23N3O4S/c1-16(24)22-10-12-23(13-11-22)28(26,27)19-9-5-8-18(14-19)20(25)21-15-17-6-3-2-4-7-17/h2-9,14H,10-13,15H2,1H3,(H,21,25). The van der Waals surface area contributed by atoms with Crippen LogP contribution in [0.2, 0.25) is 0 Å². The molecule has 0 spiro atoms. The molecule has 28 heavy (non-hydrogen) atoms. The quantitative estimate of drug-likeness (QED) is 0.822. The lowest BCUT2D eigenvalue weighted by Gasteiger charge is -2.33. The fraction of sp³-hybridized carbons (Fsp3) is 0.300. The van der Waals surface area contributed by atoms with Crippen molar-refractivity contribution in [2.24, 2.45) is 0 Å². The van der Waals surface area contributed by atoms with Crippen molar-refractivity contribution in [2.45, 2.75) is 18.4 Å². The van der Waals surface area contributed by atoms with E-state index in [-0.39, 0.29) is 29.8 Å². The Morgan fingerprint density at radius 2 is 1.64 bits per heavy atom. The molecule has 0 radical (unpaired) electrons. The van der Waals surface area contributed by atoms with Gasteiger partial charge in [0.2, 0.25) is 15.9 Å². The highest BCUT2D eigenvalue weighted by Crippen LogP contribution is 2.19. The highest BCUT2D eigenvalue weighted by Gasteiger charge is 2.29. The van der Waals surface area contributed by atoms with Crippen LogP contribution in [0.15, 0.2) is 59.5 Å². The molecule has 8 heteroatoms. The zero-order valence-corrected chi connectivity index (χ0v) is 16.5. The van der Waals surface area contributed by atoms with Gasteiger partial charge in [-0.1, -0.05) is 36.4 Å². The fourth-order valence-electron chi connectivity index (χ4n) is 3.07. The Balaban J connectivity index is 1.69. The maximum absolute atomic E-state index is 12.9. The third-order valence-electron chi connectivity index (χ3n) is 4.71. The molecular formula is C20H23N3O4S. The first kappa shape index (κ1) is 20.0. The maximum Gasteiger partial charge on any atom is 0.251 e. The summed E-state index contributed by atoms with van der Waals surface area (Å²) in [6.45, 7) is 3.06. The Bertz CT molecular complexity index is 952. The highest BCUT2D eigenvalue weighted by atomic mass is 32.2. The number of nitrogens with zero attached hydrogens (tertiary/aromatic N) is 2. The van der Waals surface area contributed by atoms with Crippen molar-refractivity contribution in [1.29, 1.82) is 0 Å². The van der Waals surface area contributed by atoms with Gasteiger partial charge in [0, 0.05) is 45.2 Å². The van der Waals surface area contributed by atoms with Crippen LogP contribution in [0.25, 0.3) is 0 Å². The second-order valence-corrected chi connectivity index (χ2v) is 8.54. The number of hydrogen-bond donors (Lipinski definition) is 1. The molecule has 3 rings (SSSR count). The maximum atomic E-state index is 12.9. The number of rotatable bonds is 5. The first-order valence-electron chi connectivity index (χ1n) is 9.06. The number of hydrogen-bond acceptors (Lipinski definition) is 4. The molecule has 1 aliphatic heterocycles. The first-order chi connectivity index (χ1) is 13.4. The summed E-state index contributed by atoms with van der Waals surface area (Å²) < 4.78 is 27.2. The van der Waals surface area contributed by atoms with Gasteiger partial charge in [-0.25, -0.2) is 8.42 Å². The van der Waals surface area contributed by atoms with Gasteiger partial charge >= 0.3 is 0 Å². The monoisotopic (exact) mass is 401 g/mol. The average molecular weight is 401 g/mol. The Hall–Kier alpha value is -2.71. The van der Waals surface area contributed by atoms with Crippen LogP contribution in [-0.4, -0.2) is 55.6 Å². The molecule has 7 nitrogen and oxygen atoms in total. The minimum atomic E-state index is -3.72. The van der Waals surface area contributed by atoms with Gasteiger partial charge in [0.05, 0.1) is 4.90 Å². The number of carbonyl (C=O) groups is 2. The summed E-state index contributed by atoms with van der Waals surface area (Å²) in [6.07, 6.45) is 0. The summed E-state index contributed by atoms with van der Waals surface area (Å²) in [4.78, 5) is 25.6. The molecule has 1 saturated heterocycles. The topological polar surface area (TPSA) is 86.8 Å². The number of benzene rings is 2. The van der Waals surface area contributed by atoms with Crippen molar-refractivity contribution >= 4 is 21.8 Å². The molecule has 2 aromatic carbocycles. The molecule has 0 aromatic heterocycles. The molecule has 2 aromatic rings. The highest BCUT2D eigenvalue weighted by molar-refractivity contribution is 7.89. The number of nitrogens with one attached hydrogen (secondary N) is 1. The van der Waals surface area contributed by atoms with Gasteiger partial charge in [-0.3, -0.25) is 9.59 Å². The molecule has 1 heterocycles. The SMILES string of the molecule is CC(=O)N1CCN(S(=O)(=O)c2cccc(C(=O)NCc3ccccc3)c2)CC1. The van der Waals surface area contributed by atoms with E-state index >= 15 is 0 Å². The van der Waals surface area contributed by atoms with Gasteiger partial charge in [-0.15, -0.1) is 0 Å². The molecule has 1 aliphatic rings. The Labute approximate surface area is 165 Å². The summed E-state index contributed by atoms with van der Waals surface area (Å²) in [5.41, 5.74) is 1.25. The van der Waals surface area contributed by atoms with E-state index in [2.05, 4.69) is 5.32 Å². The molecule has 1 fully saturated rings. The molecule has 148 valence electrons. The minimum Gasteiger partial charge on any atom is -0.348 e. The fourth-order valence-corrected chi connectivity index (χ4v) is 4.54. The molecule has 0 saturated carbocycles. The summed E-state index contributed by atoms with van der Waals surface area (Å²) in [6, 6.07) is 15.5. The second-order valence-electron chi connectivity index (χ2n) is 6.61. The van der Waals surface area contributed by atoms with Crippen LogP contribution >= 0.6 is 0 Å². The van der Waals surface area contributed by atoms with E-state index in [1.807, 2.05) is 30.3 Å². The van der Waals surface area contributed by atoms with E-state index in [0.29, 0.717) is 25.2 Å². The van der Waals surface area contributed by atoms with E-state index in [0.717, 1.165) is 5.56 Å². The third-order valence-corrected chi connectivity index (χ3v) is 6.61. The van der Waals surface area contributed by atoms with Crippen LogP contribution in [0.4, 0.5) is 0 Å². The van der Waals surface area contributed by atoms with Crippen molar-refractivity contribution in [3.05, 3.63) is 65.7 Å². The number of carbonyl (C=O) groups excluding carboxylic acids is 2. The Morgan fingerprint density at radius 3 is 2.29 bits per heavy atom. The van der Waals surface area contributed by atoms with E-state index in [9.17, 15) is 18.0 Å². The van der Waals surface area contributed by atoms with Crippen molar-refractivity contribution in [2.75, 3.05) is 26.2 Å². The zero-order valence-electron chi connectivity index (χ0n) is 15.7. The summed E-state index contributed by atoms with van der Waals surface area (Å²) in [5, 5.41) is 2.80. The molecule has 0 bridgehead atoms. The number of piperazine rings is 1. The van der Waals surface area contributed by atoms with Crippen LogP contribution in [-0.2, 0) is 21.4 Å². The van der Waals surface area contributed by atoms with Crippen LogP contribution in [0.1, 0.15) is 22.8 Å². The van der Waals surface area contributed by atoms with E-state index < -0.39 is 10.0 Å². The lowest BCUT2D eigenvalue weighted by atomic mass is 10.2. The van der Waals surface area contributed by atoms with E-state index in [4.69, 9.17) is 0 Å². The normalized spacial score (nSPS) is 15.2. The number of sulfonamides is 1. The zero-order chi connectivity index (χ0) is 20.1. The van der Waals surface area contributed by atoms with Crippen LogP contribution in [0.3, 0.4) is 0 Å². The largest absolute Gasteiger partial charge is 0.348 e. The summed E-state index contributed by atoms with van der Waals surface area (Å²) in [5.74, 6) is -0.392. The summed E-state index contributed by atoms with van der Waals surface area (Å²) >= 11 is 0. The van der Waals surface area contributed by atoms with Crippen LogP contribution in [0.5, 0.6) is 0 Å². The Kier molecular flexibility index (Phi) is 6.11. The van der Waals surface area contributed by atoms with E-state index in [1.54, 1.807) is 17.0 Å². The molecule has 0 aliphatic carbocycles. The van der Waals surface area contributed by atoms with Gasteiger partial charge in [-0.05, 0) is 23.8 Å². The van der Waals surface area contributed by atoms with Crippen molar-refractivity contribution in [1.82, 2.24) is 14.5 Å². The van der Waals surface area contributed by atoms with Crippen LogP contribution < -0.4 is 5.32 Å². The lowest BCUT2D eigenvalue weighted by molar-refractivity contribution is -0.129. The second kappa shape index (κ2) is 8.53. The van der Waals surface area contributed by atoms with Gasteiger partial charge in [0.1, 0.15) is 0 Å². The average Bonchev–Trinajstić information content (AvgIpc) is 2.73. The van der Waals surface area contributed by atoms with Gasteiger partial charge < -0.3 is 10.2 Å². The molecular weight excluding hydrogens is 378 g/mol. The van der Waals surface area contributed by atoms with E-state index in [1.165, 1.54) is 23.4 Å². The van der Waals surface area contributed by atoms with Crippen molar-refractivity contribution in [3.63, 3.8) is 0 Å². The molecule has 2 amide bonds. The molecule has 1 N–H and O–H groups in total. The molecule has 0 atom stereocenters. The Morgan fingerprint density at radius 1 is 0.964 bits per heavy atom. The first-order valence-corrected chi connectivity index (χ1v) is 10.5. The van der Waals surface area contributed by atoms with Gasteiger partial charge in [0.15, 0.2) is 0 Å². The number of amides is 2. The predicted octanol–water partition coefficient (Wildman–Crippen LogP) is 1.47. The molecule has 0 unspecified atom stereocenters. The lowest BCUT2D eigenvalue weighted by Crippen LogP contribution is -2.49. The summed E-state index contributed by atoms with van der Waals surface area (Å²) in [7, 11) is -3.72. The smallest absolute Gasteiger partial charge is 0.251 e. The van der Waals surface area contributed by atoms with Crippen LogP contribution in [0, 0.1) is 0 Å². The van der Waals surface area contributed by atoms with Gasteiger partial charge in [-0.2, -0.15) is 4.31 Å². The van der Waals surface area contributed by atoms with Crippen molar-refractivity contribution < 1.29 is 18.0 Å². The van der Waals surface area contributed by atoms with Crippen molar-refractivity contribution in [3.8, 4) is 0 Å².